The smallest absolute Gasteiger partial charge is 0.251 e. The molecule has 7 nitrogen and oxygen atoms in total. The number of carbonyl (C=O) groups is 1. The number of amides is 1. The molecule has 0 saturated carbocycles. The van der Waals surface area contributed by atoms with Crippen LogP contribution in [0.2, 0.25) is 0 Å². The Hall–Kier alpha value is -1.48. The van der Waals surface area contributed by atoms with Crippen molar-refractivity contribution in [2.45, 2.75) is 24.8 Å². The molecular weight excluding hydrogens is 306 g/mol. The number of methoxy groups -OCH3 is 1. The molecule has 124 valence electrons. The van der Waals surface area contributed by atoms with Crippen molar-refractivity contribution in [2.75, 3.05) is 26.8 Å². The summed E-state index contributed by atoms with van der Waals surface area (Å²) in [5.41, 5.74) is 6.48. The first-order valence-electron chi connectivity index (χ1n) is 6.92. The molecule has 8 heteroatoms. The lowest BCUT2D eigenvalue weighted by Gasteiger charge is -2.14. The van der Waals surface area contributed by atoms with Crippen LogP contribution in [0.3, 0.4) is 0 Å². The summed E-state index contributed by atoms with van der Waals surface area (Å²) in [6.07, 6.45) is 0. The van der Waals surface area contributed by atoms with Gasteiger partial charge >= 0.3 is 0 Å². The van der Waals surface area contributed by atoms with Crippen LogP contribution in [0, 0.1) is 6.92 Å². The highest BCUT2D eigenvalue weighted by atomic mass is 32.2. The molecule has 0 bridgehead atoms. The lowest BCUT2D eigenvalue weighted by Crippen LogP contribution is -2.38. The van der Waals surface area contributed by atoms with Crippen molar-refractivity contribution in [2.24, 2.45) is 5.73 Å². The standard InChI is InChI=1S/C14H23N3O4S/c1-10-4-5-12(22(19,20)16-6-7-21-3)8-13(10)14(18)17-11(2)9-15/h4-5,8,11,16H,6-7,9,15H2,1-3H3,(H,17,18)/t11-/m0/s1. The predicted octanol–water partition coefficient (Wildman–Crippen LogP) is -0.00328. The Morgan fingerprint density at radius 2 is 2.09 bits per heavy atom. The maximum absolute atomic E-state index is 12.2. The maximum atomic E-state index is 12.2. The largest absolute Gasteiger partial charge is 0.383 e. The van der Waals surface area contributed by atoms with Gasteiger partial charge in [0.15, 0.2) is 0 Å². The third kappa shape index (κ3) is 5.06. The fourth-order valence-electron chi connectivity index (χ4n) is 1.73. The van der Waals surface area contributed by atoms with Gasteiger partial charge in [0.05, 0.1) is 11.5 Å². The molecule has 0 aromatic heterocycles. The second kappa shape index (κ2) is 8.23. The highest BCUT2D eigenvalue weighted by molar-refractivity contribution is 7.89. The van der Waals surface area contributed by atoms with E-state index < -0.39 is 10.0 Å². The molecule has 22 heavy (non-hydrogen) atoms. The number of ether oxygens (including phenoxy) is 1. The van der Waals surface area contributed by atoms with E-state index in [2.05, 4.69) is 10.0 Å². The zero-order valence-electron chi connectivity index (χ0n) is 13.0. The van der Waals surface area contributed by atoms with Crippen LogP contribution in [0.5, 0.6) is 0 Å². The molecule has 0 fully saturated rings. The van der Waals surface area contributed by atoms with E-state index in [1.807, 2.05) is 0 Å². The van der Waals surface area contributed by atoms with E-state index >= 15 is 0 Å². The van der Waals surface area contributed by atoms with Crippen molar-refractivity contribution in [3.05, 3.63) is 29.3 Å². The average Bonchev–Trinajstić information content (AvgIpc) is 2.47. The van der Waals surface area contributed by atoms with Crippen molar-refractivity contribution in [3.8, 4) is 0 Å². The van der Waals surface area contributed by atoms with Crippen LogP contribution < -0.4 is 15.8 Å². The van der Waals surface area contributed by atoms with Crippen molar-refractivity contribution in [1.29, 1.82) is 0 Å². The number of rotatable bonds is 8. The number of nitrogens with two attached hydrogens (primary N) is 1. The number of aryl methyl sites for hydroxylation is 1. The van der Waals surface area contributed by atoms with Crippen molar-refractivity contribution >= 4 is 15.9 Å². The average molecular weight is 329 g/mol. The molecule has 0 aliphatic carbocycles. The summed E-state index contributed by atoms with van der Waals surface area (Å²) < 4.78 is 31.5. The van der Waals surface area contributed by atoms with Crippen molar-refractivity contribution < 1.29 is 17.9 Å². The van der Waals surface area contributed by atoms with E-state index in [9.17, 15) is 13.2 Å². The molecule has 1 atom stereocenters. The Kier molecular flexibility index (Phi) is 6.95. The second-order valence-corrected chi connectivity index (χ2v) is 6.74. The first kappa shape index (κ1) is 18.6. The van der Waals surface area contributed by atoms with E-state index in [1.165, 1.54) is 19.2 Å². The Morgan fingerprint density at radius 1 is 1.41 bits per heavy atom. The summed E-state index contributed by atoms with van der Waals surface area (Å²) in [7, 11) is -2.19. The molecule has 0 heterocycles. The van der Waals surface area contributed by atoms with Gasteiger partial charge in [-0.05, 0) is 31.5 Å². The normalized spacial score (nSPS) is 12.9. The molecule has 0 aliphatic heterocycles. The highest BCUT2D eigenvalue weighted by Gasteiger charge is 2.18. The summed E-state index contributed by atoms with van der Waals surface area (Å²) in [5.74, 6) is -0.343. The fraction of sp³-hybridized carbons (Fsp3) is 0.500. The Bertz CT molecular complexity index is 617. The van der Waals surface area contributed by atoms with Gasteiger partial charge < -0.3 is 15.8 Å². The summed E-state index contributed by atoms with van der Waals surface area (Å²) >= 11 is 0. The minimum absolute atomic E-state index is 0.0414. The second-order valence-electron chi connectivity index (χ2n) is 4.98. The van der Waals surface area contributed by atoms with Gasteiger partial charge in [-0.1, -0.05) is 6.07 Å². The maximum Gasteiger partial charge on any atom is 0.251 e. The van der Waals surface area contributed by atoms with E-state index in [0.717, 1.165) is 0 Å². The van der Waals surface area contributed by atoms with Gasteiger partial charge in [0.25, 0.3) is 5.91 Å². The molecule has 0 saturated heterocycles. The third-order valence-electron chi connectivity index (χ3n) is 3.09. The Morgan fingerprint density at radius 3 is 2.68 bits per heavy atom. The van der Waals surface area contributed by atoms with Gasteiger partial charge in [0.2, 0.25) is 10.0 Å². The highest BCUT2D eigenvalue weighted by Crippen LogP contribution is 2.15. The number of benzene rings is 1. The lowest BCUT2D eigenvalue weighted by atomic mass is 10.1. The third-order valence-corrected chi connectivity index (χ3v) is 4.55. The first-order valence-corrected chi connectivity index (χ1v) is 8.40. The molecule has 0 unspecified atom stereocenters. The van der Waals surface area contributed by atoms with Crippen molar-refractivity contribution in [1.82, 2.24) is 10.0 Å². The Balaban J connectivity index is 3.01. The number of carbonyl (C=O) groups excluding carboxylic acids is 1. The minimum atomic E-state index is -3.67. The number of sulfonamides is 1. The van der Waals surface area contributed by atoms with E-state index in [1.54, 1.807) is 19.9 Å². The molecule has 0 spiro atoms. The molecule has 0 radical (unpaired) electrons. The van der Waals surface area contributed by atoms with Crippen LogP contribution in [0.4, 0.5) is 0 Å². The zero-order chi connectivity index (χ0) is 16.8. The van der Waals surface area contributed by atoms with Crippen LogP contribution in [0.1, 0.15) is 22.8 Å². The van der Waals surface area contributed by atoms with Crippen molar-refractivity contribution in [3.63, 3.8) is 0 Å². The van der Waals surface area contributed by atoms with E-state index in [0.29, 0.717) is 17.7 Å². The van der Waals surface area contributed by atoms with Gasteiger partial charge in [-0.3, -0.25) is 4.79 Å². The van der Waals surface area contributed by atoms with Gasteiger partial charge in [0.1, 0.15) is 0 Å². The van der Waals surface area contributed by atoms with Crippen LogP contribution in [-0.2, 0) is 14.8 Å². The van der Waals surface area contributed by atoms with Crippen LogP contribution in [0.25, 0.3) is 0 Å². The van der Waals surface area contributed by atoms with Gasteiger partial charge in [-0.25, -0.2) is 13.1 Å². The van der Waals surface area contributed by atoms with Gasteiger partial charge in [-0.2, -0.15) is 0 Å². The molecule has 1 aromatic carbocycles. The zero-order valence-corrected chi connectivity index (χ0v) is 13.9. The summed E-state index contributed by atoms with van der Waals surface area (Å²) in [5, 5.41) is 2.72. The molecule has 1 rings (SSSR count). The molecule has 1 amide bonds. The summed E-state index contributed by atoms with van der Waals surface area (Å²) in [6.45, 7) is 4.27. The monoisotopic (exact) mass is 329 g/mol. The lowest BCUT2D eigenvalue weighted by molar-refractivity contribution is 0.0940. The SMILES string of the molecule is COCCNS(=O)(=O)c1ccc(C)c(C(=O)N[C@@H](C)CN)c1. The molecule has 0 aliphatic rings. The van der Waals surface area contributed by atoms with Gasteiger partial charge in [0, 0.05) is 31.8 Å². The first-order chi connectivity index (χ1) is 10.3. The summed E-state index contributed by atoms with van der Waals surface area (Å²) in [4.78, 5) is 12.2. The van der Waals surface area contributed by atoms with E-state index in [-0.39, 0.29) is 30.0 Å². The van der Waals surface area contributed by atoms with E-state index in [4.69, 9.17) is 10.5 Å². The molecule has 1 aromatic rings. The molecular formula is C14H23N3O4S. The Labute approximate surface area is 131 Å². The van der Waals surface area contributed by atoms with Crippen LogP contribution >= 0.6 is 0 Å². The number of nitrogens with one attached hydrogen (secondary N) is 2. The molecule has 4 N–H and O–H groups in total. The summed E-state index contributed by atoms with van der Waals surface area (Å²) in [6, 6.07) is 4.25. The topological polar surface area (TPSA) is 111 Å². The number of hydrogen-bond acceptors (Lipinski definition) is 5. The predicted molar refractivity (Wildman–Crippen MR) is 84.2 cm³/mol. The van der Waals surface area contributed by atoms with Crippen LogP contribution in [-0.4, -0.2) is 47.2 Å². The van der Waals surface area contributed by atoms with Gasteiger partial charge in [-0.15, -0.1) is 0 Å². The minimum Gasteiger partial charge on any atom is -0.383 e. The fourth-order valence-corrected chi connectivity index (χ4v) is 2.77. The van der Waals surface area contributed by atoms with Crippen LogP contribution in [0.15, 0.2) is 23.1 Å². The number of hydrogen-bond donors (Lipinski definition) is 3. The quantitative estimate of drug-likeness (QED) is 0.581.